The lowest BCUT2D eigenvalue weighted by Gasteiger charge is -2.49. The molecule has 2 aliphatic heterocycles. The Morgan fingerprint density at radius 2 is 2.39 bits per heavy atom. The minimum Gasteiger partial charge on any atom is -0.381 e. The van der Waals surface area contributed by atoms with E-state index in [2.05, 4.69) is 4.98 Å². The van der Waals surface area contributed by atoms with Crippen molar-refractivity contribution in [3.63, 3.8) is 0 Å². The van der Waals surface area contributed by atoms with Gasteiger partial charge < -0.3 is 9.47 Å². The van der Waals surface area contributed by atoms with Gasteiger partial charge in [0.15, 0.2) is 0 Å². The lowest BCUT2D eigenvalue weighted by atomic mass is 9.73. The van der Waals surface area contributed by atoms with E-state index < -0.39 is 10.0 Å². The molecular formula is C16H24N2O4S. The Hall–Kier alpha value is -1.02. The second-order valence-corrected chi connectivity index (χ2v) is 8.22. The SMILES string of the molecule is CCOC[C@]12CCCO[C@H]1CCN(S(=O)(=O)c1cccnc1)C2. The first-order valence-corrected chi connectivity index (χ1v) is 9.62. The molecule has 1 aromatic heterocycles. The van der Waals surface area contributed by atoms with Gasteiger partial charge in [-0.05, 0) is 38.3 Å². The van der Waals surface area contributed by atoms with Gasteiger partial charge in [-0.15, -0.1) is 0 Å². The molecule has 2 atom stereocenters. The molecule has 0 N–H and O–H groups in total. The second-order valence-electron chi connectivity index (χ2n) is 6.28. The molecular weight excluding hydrogens is 316 g/mol. The van der Waals surface area contributed by atoms with E-state index in [0.29, 0.717) is 32.7 Å². The van der Waals surface area contributed by atoms with Crippen LogP contribution in [0.25, 0.3) is 0 Å². The van der Waals surface area contributed by atoms with Gasteiger partial charge in [-0.1, -0.05) is 0 Å². The van der Waals surface area contributed by atoms with Crippen molar-refractivity contribution in [1.29, 1.82) is 0 Å². The third-order valence-corrected chi connectivity index (χ3v) is 6.65. The first kappa shape index (κ1) is 16.8. The molecule has 2 fully saturated rings. The molecule has 0 amide bonds. The smallest absolute Gasteiger partial charge is 0.244 e. The predicted molar refractivity (Wildman–Crippen MR) is 85.5 cm³/mol. The maximum absolute atomic E-state index is 12.9. The summed E-state index contributed by atoms with van der Waals surface area (Å²) in [6, 6.07) is 3.25. The highest BCUT2D eigenvalue weighted by atomic mass is 32.2. The Labute approximate surface area is 137 Å². The molecule has 0 aromatic carbocycles. The zero-order valence-corrected chi connectivity index (χ0v) is 14.3. The molecule has 1 aromatic rings. The van der Waals surface area contributed by atoms with Crippen LogP contribution in [0.5, 0.6) is 0 Å². The van der Waals surface area contributed by atoms with Crippen LogP contribution in [-0.4, -0.2) is 56.7 Å². The van der Waals surface area contributed by atoms with Crippen LogP contribution >= 0.6 is 0 Å². The zero-order valence-electron chi connectivity index (χ0n) is 13.5. The van der Waals surface area contributed by atoms with Gasteiger partial charge in [0.25, 0.3) is 0 Å². The maximum atomic E-state index is 12.9. The number of rotatable bonds is 5. The van der Waals surface area contributed by atoms with E-state index in [4.69, 9.17) is 9.47 Å². The van der Waals surface area contributed by atoms with Crippen LogP contribution in [0, 0.1) is 5.41 Å². The maximum Gasteiger partial charge on any atom is 0.244 e. The van der Waals surface area contributed by atoms with Gasteiger partial charge in [-0.3, -0.25) is 4.98 Å². The van der Waals surface area contributed by atoms with Crippen molar-refractivity contribution in [2.75, 3.05) is 32.9 Å². The van der Waals surface area contributed by atoms with Crippen LogP contribution in [0.2, 0.25) is 0 Å². The van der Waals surface area contributed by atoms with Crippen LogP contribution < -0.4 is 0 Å². The second kappa shape index (κ2) is 6.84. The molecule has 23 heavy (non-hydrogen) atoms. The van der Waals surface area contributed by atoms with Crippen LogP contribution in [-0.2, 0) is 19.5 Å². The van der Waals surface area contributed by atoms with E-state index in [1.807, 2.05) is 6.92 Å². The third kappa shape index (κ3) is 3.28. The summed E-state index contributed by atoms with van der Waals surface area (Å²) in [5.74, 6) is 0. The molecule has 0 bridgehead atoms. The number of aromatic nitrogens is 1. The quantitative estimate of drug-likeness (QED) is 0.816. The first-order valence-electron chi connectivity index (χ1n) is 8.18. The van der Waals surface area contributed by atoms with E-state index in [1.165, 1.54) is 6.20 Å². The minimum atomic E-state index is -3.52. The fourth-order valence-corrected chi connectivity index (χ4v) is 5.14. The van der Waals surface area contributed by atoms with Crippen molar-refractivity contribution in [3.05, 3.63) is 24.5 Å². The average molecular weight is 340 g/mol. The Morgan fingerprint density at radius 3 is 3.13 bits per heavy atom. The summed E-state index contributed by atoms with van der Waals surface area (Å²) in [6.07, 6.45) is 5.68. The molecule has 2 aliphatic rings. The summed E-state index contributed by atoms with van der Waals surface area (Å²) in [5, 5.41) is 0. The number of piperidine rings is 1. The number of fused-ring (bicyclic) bond motifs is 1. The average Bonchev–Trinajstić information content (AvgIpc) is 2.60. The van der Waals surface area contributed by atoms with Gasteiger partial charge in [0, 0.05) is 44.1 Å². The van der Waals surface area contributed by atoms with Crippen molar-refractivity contribution in [2.24, 2.45) is 5.41 Å². The summed E-state index contributed by atoms with van der Waals surface area (Å²) in [7, 11) is -3.52. The van der Waals surface area contributed by atoms with Gasteiger partial charge in [-0.2, -0.15) is 4.31 Å². The molecule has 128 valence electrons. The summed E-state index contributed by atoms with van der Waals surface area (Å²) < 4.78 is 39.0. The summed E-state index contributed by atoms with van der Waals surface area (Å²) in [5.41, 5.74) is -0.234. The molecule has 0 radical (unpaired) electrons. The minimum absolute atomic E-state index is 0.0862. The predicted octanol–water partition coefficient (Wildman–Crippen LogP) is 1.68. The molecule has 3 rings (SSSR count). The first-order chi connectivity index (χ1) is 11.1. The highest BCUT2D eigenvalue weighted by Crippen LogP contribution is 2.41. The largest absolute Gasteiger partial charge is 0.381 e. The fourth-order valence-electron chi connectivity index (χ4n) is 3.62. The molecule has 0 spiro atoms. The number of sulfonamides is 1. The molecule has 0 unspecified atom stereocenters. The van der Waals surface area contributed by atoms with Crippen molar-refractivity contribution in [1.82, 2.24) is 9.29 Å². The molecule has 7 heteroatoms. The lowest BCUT2D eigenvalue weighted by molar-refractivity contribution is -0.141. The number of pyridine rings is 1. The van der Waals surface area contributed by atoms with Gasteiger partial charge in [-0.25, -0.2) is 8.42 Å². The number of ether oxygens (including phenoxy) is 2. The molecule has 0 aliphatic carbocycles. The van der Waals surface area contributed by atoms with Crippen molar-refractivity contribution < 1.29 is 17.9 Å². The van der Waals surface area contributed by atoms with Crippen molar-refractivity contribution >= 4 is 10.0 Å². The van der Waals surface area contributed by atoms with E-state index in [-0.39, 0.29) is 16.4 Å². The van der Waals surface area contributed by atoms with Gasteiger partial charge >= 0.3 is 0 Å². The molecule has 0 saturated carbocycles. The van der Waals surface area contributed by atoms with Crippen molar-refractivity contribution in [2.45, 2.75) is 37.2 Å². The lowest BCUT2D eigenvalue weighted by Crippen LogP contribution is -2.58. The third-order valence-electron chi connectivity index (χ3n) is 4.82. The molecule has 3 heterocycles. The molecule has 6 nitrogen and oxygen atoms in total. The van der Waals surface area contributed by atoms with E-state index >= 15 is 0 Å². The normalized spacial score (nSPS) is 29.2. The summed E-state index contributed by atoms with van der Waals surface area (Å²) in [6.45, 7) is 4.83. The Kier molecular flexibility index (Phi) is 5.01. The van der Waals surface area contributed by atoms with Gasteiger partial charge in [0.05, 0.1) is 12.7 Å². The van der Waals surface area contributed by atoms with Crippen LogP contribution in [0.3, 0.4) is 0 Å². The number of hydrogen-bond donors (Lipinski definition) is 0. The highest BCUT2D eigenvalue weighted by Gasteiger charge is 2.48. The summed E-state index contributed by atoms with van der Waals surface area (Å²) in [4.78, 5) is 4.19. The highest BCUT2D eigenvalue weighted by molar-refractivity contribution is 7.89. The fraction of sp³-hybridized carbons (Fsp3) is 0.688. The summed E-state index contributed by atoms with van der Waals surface area (Å²) >= 11 is 0. The molecule has 2 saturated heterocycles. The number of nitrogens with zero attached hydrogens (tertiary/aromatic N) is 2. The van der Waals surface area contributed by atoms with Crippen LogP contribution in [0.15, 0.2) is 29.4 Å². The standard InChI is InChI=1S/C16H24N2O4S/c1-2-21-13-16-7-4-10-22-15(16)6-9-18(12-16)23(19,20)14-5-3-8-17-11-14/h3,5,8,11,15H,2,4,6-7,9-10,12-13H2,1H3/t15-,16+/m0/s1. The van der Waals surface area contributed by atoms with Gasteiger partial charge in [0.2, 0.25) is 10.0 Å². The van der Waals surface area contributed by atoms with E-state index in [0.717, 1.165) is 19.4 Å². The van der Waals surface area contributed by atoms with Crippen LogP contribution in [0.4, 0.5) is 0 Å². The van der Waals surface area contributed by atoms with E-state index in [1.54, 1.807) is 22.6 Å². The van der Waals surface area contributed by atoms with Crippen LogP contribution in [0.1, 0.15) is 26.2 Å². The van der Waals surface area contributed by atoms with Gasteiger partial charge in [0.1, 0.15) is 4.90 Å². The number of hydrogen-bond acceptors (Lipinski definition) is 5. The zero-order chi connectivity index (χ0) is 16.3. The monoisotopic (exact) mass is 340 g/mol. The Morgan fingerprint density at radius 1 is 1.52 bits per heavy atom. The Balaban J connectivity index is 1.85. The topological polar surface area (TPSA) is 68.7 Å². The van der Waals surface area contributed by atoms with E-state index in [9.17, 15) is 8.42 Å². The Bertz CT molecular complexity index is 622. The van der Waals surface area contributed by atoms with Crippen molar-refractivity contribution in [3.8, 4) is 0 Å².